The average Bonchev–Trinajstić information content (AvgIpc) is 2.67. The lowest BCUT2D eigenvalue weighted by Gasteiger charge is -2.28. The minimum Gasteiger partial charge on any atom is -0.481 e. The highest BCUT2D eigenvalue weighted by molar-refractivity contribution is 5.75. The molecule has 2 aromatic carbocycles. The molecule has 0 aliphatic rings. The third-order valence-corrected chi connectivity index (χ3v) is 5.07. The molecule has 5 heteroatoms. The Morgan fingerprint density at radius 3 is 2.00 bits per heavy atom. The molecule has 0 aliphatic carbocycles. The van der Waals surface area contributed by atoms with Crippen LogP contribution in [0.5, 0.6) is 0 Å². The molecule has 0 radical (unpaired) electrons. The van der Waals surface area contributed by atoms with Gasteiger partial charge in [0, 0.05) is 6.42 Å². The molecule has 0 heterocycles. The zero-order valence-electron chi connectivity index (χ0n) is 18.2. The van der Waals surface area contributed by atoms with E-state index in [4.69, 9.17) is 4.74 Å². The fourth-order valence-corrected chi connectivity index (χ4v) is 3.49. The van der Waals surface area contributed by atoms with Crippen LogP contribution in [0.4, 0.5) is 0 Å². The number of carbonyl (C=O) groups excluding carboxylic acids is 1. The summed E-state index contributed by atoms with van der Waals surface area (Å²) in [5.74, 6) is -1.70. The van der Waals surface area contributed by atoms with Crippen LogP contribution in [-0.4, -0.2) is 34.4 Å². The van der Waals surface area contributed by atoms with Crippen LogP contribution in [0, 0.1) is 11.3 Å². The number of benzene rings is 2. The second kappa shape index (κ2) is 9.90. The van der Waals surface area contributed by atoms with Crippen molar-refractivity contribution in [1.82, 2.24) is 0 Å². The summed E-state index contributed by atoms with van der Waals surface area (Å²) in [6.45, 7) is 6.43. The Hall–Kier alpha value is -2.66. The Morgan fingerprint density at radius 1 is 0.933 bits per heavy atom. The summed E-state index contributed by atoms with van der Waals surface area (Å²) < 4.78 is 5.44. The number of carboxylic acids is 1. The van der Waals surface area contributed by atoms with Gasteiger partial charge in [-0.1, -0.05) is 54.6 Å². The molecule has 30 heavy (non-hydrogen) atoms. The summed E-state index contributed by atoms with van der Waals surface area (Å²) in [7, 11) is 0. The quantitative estimate of drug-likeness (QED) is 0.583. The number of rotatable bonds is 9. The van der Waals surface area contributed by atoms with E-state index in [-0.39, 0.29) is 24.7 Å². The van der Waals surface area contributed by atoms with Gasteiger partial charge in [0.25, 0.3) is 0 Å². The Morgan fingerprint density at radius 2 is 1.50 bits per heavy atom. The molecule has 162 valence electrons. The van der Waals surface area contributed by atoms with Crippen LogP contribution in [0.3, 0.4) is 0 Å². The maximum absolute atomic E-state index is 12.4. The Balaban J connectivity index is 2.19. The van der Waals surface area contributed by atoms with Crippen LogP contribution >= 0.6 is 0 Å². The van der Waals surface area contributed by atoms with E-state index in [0.29, 0.717) is 6.42 Å². The Labute approximate surface area is 178 Å². The number of carboxylic acid groups (broad SMARTS) is 1. The molecule has 0 aromatic heterocycles. The highest BCUT2D eigenvalue weighted by atomic mass is 16.6. The number of esters is 1. The van der Waals surface area contributed by atoms with Crippen molar-refractivity contribution in [3.05, 3.63) is 60.2 Å². The molecule has 0 spiro atoms. The number of carbonyl (C=O) groups is 2. The largest absolute Gasteiger partial charge is 0.481 e. The van der Waals surface area contributed by atoms with Crippen LogP contribution in [0.15, 0.2) is 54.6 Å². The first-order valence-electron chi connectivity index (χ1n) is 10.2. The molecule has 0 saturated carbocycles. The van der Waals surface area contributed by atoms with E-state index >= 15 is 0 Å². The number of ether oxygens (including phenoxy) is 1. The van der Waals surface area contributed by atoms with E-state index in [1.165, 1.54) is 6.92 Å². The van der Waals surface area contributed by atoms with Gasteiger partial charge in [0.1, 0.15) is 5.60 Å². The molecule has 0 amide bonds. The van der Waals surface area contributed by atoms with Gasteiger partial charge in [-0.05, 0) is 63.1 Å². The SMILES string of the molecule is CC(C)(C)OC(=O)C[C@H](Cc1ccc(-c2ccccc2)cc1)C[C@@](C)(CO)C(=O)O. The highest BCUT2D eigenvalue weighted by Gasteiger charge is 2.36. The van der Waals surface area contributed by atoms with Crippen LogP contribution in [0.25, 0.3) is 11.1 Å². The van der Waals surface area contributed by atoms with Crippen molar-refractivity contribution < 1.29 is 24.5 Å². The van der Waals surface area contributed by atoms with Gasteiger partial charge in [-0.3, -0.25) is 9.59 Å². The first kappa shape index (κ1) is 23.6. The van der Waals surface area contributed by atoms with E-state index in [2.05, 4.69) is 0 Å². The van der Waals surface area contributed by atoms with Crippen molar-refractivity contribution in [3.63, 3.8) is 0 Å². The third-order valence-electron chi connectivity index (χ3n) is 5.07. The first-order chi connectivity index (χ1) is 14.0. The standard InChI is InChI=1S/C25H32O5/c1-24(2,3)30-22(27)15-19(16-25(4,17-26)23(28)29)14-18-10-12-21(13-11-18)20-8-6-5-7-9-20/h5-13,19,26H,14-17H2,1-4H3,(H,28,29)/t19-,25-/m0/s1. The molecule has 2 N–H and O–H groups in total. The fraction of sp³-hybridized carbons (Fsp3) is 0.440. The fourth-order valence-electron chi connectivity index (χ4n) is 3.49. The van der Waals surface area contributed by atoms with Crippen molar-refractivity contribution >= 4 is 11.9 Å². The van der Waals surface area contributed by atoms with Gasteiger partial charge < -0.3 is 14.9 Å². The van der Waals surface area contributed by atoms with Crippen molar-refractivity contribution in [3.8, 4) is 11.1 Å². The molecule has 0 saturated heterocycles. The van der Waals surface area contributed by atoms with Gasteiger partial charge in [0.15, 0.2) is 0 Å². The molecular formula is C25H32O5. The lowest BCUT2D eigenvalue weighted by Crippen LogP contribution is -2.35. The van der Waals surface area contributed by atoms with Gasteiger partial charge in [0.2, 0.25) is 0 Å². The topological polar surface area (TPSA) is 83.8 Å². The second-order valence-electron chi connectivity index (χ2n) is 9.15. The zero-order chi connectivity index (χ0) is 22.4. The zero-order valence-corrected chi connectivity index (χ0v) is 18.2. The van der Waals surface area contributed by atoms with E-state index in [0.717, 1.165) is 16.7 Å². The molecule has 0 bridgehead atoms. The number of aliphatic hydroxyl groups is 1. The van der Waals surface area contributed by atoms with E-state index < -0.39 is 23.6 Å². The van der Waals surface area contributed by atoms with Crippen LogP contribution in [0.2, 0.25) is 0 Å². The molecule has 0 unspecified atom stereocenters. The van der Waals surface area contributed by atoms with Gasteiger partial charge in [-0.2, -0.15) is 0 Å². The van der Waals surface area contributed by atoms with Gasteiger partial charge in [-0.25, -0.2) is 0 Å². The second-order valence-corrected chi connectivity index (χ2v) is 9.15. The lowest BCUT2D eigenvalue weighted by molar-refractivity contribution is -0.158. The number of hydrogen-bond acceptors (Lipinski definition) is 4. The predicted molar refractivity (Wildman–Crippen MR) is 117 cm³/mol. The van der Waals surface area contributed by atoms with Crippen LogP contribution < -0.4 is 0 Å². The molecule has 0 fully saturated rings. The van der Waals surface area contributed by atoms with Crippen LogP contribution in [0.1, 0.15) is 46.1 Å². The summed E-state index contributed by atoms with van der Waals surface area (Å²) in [5, 5.41) is 19.2. The summed E-state index contributed by atoms with van der Waals surface area (Å²) in [4.78, 5) is 24.1. The van der Waals surface area contributed by atoms with Crippen LogP contribution in [-0.2, 0) is 20.7 Å². The van der Waals surface area contributed by atoms with Crippen molar-refractivity contribution in [1.29, 1.82) is 0 Å². The average molecular weight is 413 g/mol. The molecule has 0 aliphatic heterocycles. The first-order valence-corrected chi connectivity index (χ1v) is 10.2. The normalized spacial score (nSPS) is 14.6. The molecular weight excluding hydrogens is 380 g/mol. The minimum absolute atomic E-state index is 0.0978. The number of aliphatic carboxylic acids is 1. The van der Waals surface area contributed by atoms with Gasteiger partial charge >= 0.3 is 11.9 Å². The monoisotopic (exact) mass is 412 g/mol. The smallest absolute Gasteiger partial charge is 0.311 e. The van der Waals surface area contributed by atoms with E-state index in [9.17, 15) is 19.8 Å². The van der Waals surface area contributed by atoms with E-state index in [1.54, 1.807) is 20.8 Å². The number of hydrogen-bond donors (Lipinski definition) is 2. The maximum Gasteiger partial charge on any atom is 0.311 e. The summed E-state index contributed by atoms with van der Waals surface area (Å²) in [6, 6.07) is 18.1. The van der Waals surface area contributed by atoms with Gasteiger partial charge in [0.05, 0.1) is 12.0 Å². The summed E-state index contributed by atoms with van der Waals surface area (Å²) in [6.07, 6.45) is 0.802. The lowest BCUT2D eigenvalue weighted by atomic mass is 9.78. The van der Waals surface area contributed by atoms with E-state index in [1.807, 2.05) is 54.6 Å². The number of aliphatic hydroxyl groups excluding tert-OH is 1. The van der Waals surface area contributed by atoms with Crippen molar-refractivity contribution in [2.45, 2.75) is 52.6 Å². The van der Waals surface area contributed by atoms with Crippen molar-refractivity contribution in [2.75, 3.05) is 6.61 Å². The summed E-state index contributed by atoms with van der Waals surface area (Å²) in [5.41, 5.74) is 1.30. The predicted octanol–water partition coefficient (Wildman–Crippen LogP) is 4.72. The molecule has 2 rings (SSSR count). The Kier molecular flexibility index (Phi) is 7.79. The third kappa shape index (κ3) is 6.99. The maximum atomic E-state index is 12.4. The minimum atomic E-state index is -1.31. The molecule has 2 atom stereocenters. The summed E-state index contributed by atoms with van der Waals surface area (Å²) >= 11 is 0. The van der Waals surface area contributed by atoms with Gasteiger partial charge in [-0.15, -0.1) is 0 Å². The molecule has 2 aromatic rings. The Bertz CT molecular complexity index is 836. The van der Waals surface area contributed by atoms with Crippen molar-refractivity contribution in [2.24, 2.45) is 11.3 Å². The highest BCUT2D eigenvalue weighted by Crippen LogP contribution is 2.31. The molecule has 5 nitrogen and oxygen atoms in total.